The monoisotopic (exact) mass is 205 g/mol. The highest BCUT2D eigenvalue weighted by molar-refractivity contribution is 4.93. The van der Waals surface area contributed by atoms with Gasteiger partial charge in [-0.1, -0.05) is 6.92 Å². The standard InChI is InChI=1S/C9H19NO4/c1-2-3-10-4-7(12)9(14)8(13)6(10)5-11/h6-9,11-14H,2-5H2,1H3/t6?,7-,8?,9?/m1/s1. The molecule has 14 heavy (non-hydrogen) atoms. The highest BCUT2D eigenvalue weighted by Gasteiger charge is 2.40. The number of aliphatic hydroxyl groups excluding tert-OH is 4. The zero-order chi connectivity index (χ0) is 10.7. The lowest BCUT2D eigenvalue weighted by Gasteiger charge is -2.43. The maximum absolute atomic E-state index is 9.59. The van der Waals surface area contributed by atoms with Crippen molar-refractivity contribution in [2.24, 2.45) is 0 Å². The minimum atomic E-state index is -1.15. The first-order valence-corrected chi connectivity index (χ1v) is 5.01. The van der Waals surface area contributed by atoms with Crippen LogP contribution in [0.3, 0.4) is 0 Å². The molecular weight excluding hydrogens is 186 g/mol. The zero-order valence-corrected chi connectivity index (χ0v) is 8.37. The van der Waals surface area contributed by atoms with Crippen molar-refractivity contribution >= 4 is 0 Å². The molecule has 0 amide bonds. The smallest absolute Gasteiger partial charge is 0.109 e. The summed E-state index contributed by atoms with van der Waals surface area (Å²) in [5.41, 5.74) is 0. The summed E-state index contributed by atoms with van der Waals surface area (Å²) in [4.78, 5) is 1.81. The topological polar surface area (TPSA) is 84.2 Å². The molecule has 4 N–H and O–H groups in total. The van der Waals surface area contributed by atoms with Crippen LogP contribution < -0.4 is 0 Å². The first kappa shape index (κ1) is 11.9. The molecule has 0 aromatic rings. The van der Waals surface area contributed by atoms with E-state index in [1.807, 2.05) is 11.8 Å². The molecule has 0 aromatic carbocycles. The fourth-order valence-electron chi connectivity index (χ4n) is 1.92. The minimum Gasteiger partial charge on any atom is -0.395 e. The van der Waals surface area contributed by atoms with Crippen molar-refractivity contribution in [1.29, 1.82) is 0 Å². The van der Waals surface area contributed by atoms with Gasteiger partial charge in [0.25, 0.3) is 0 Å². The fraction of sp³-hybridized carbons (Fsp3) is 1.00. The van der Waals surface area contributed by atoms with Gasteiger partial charge in [-0.2, -0.15) is 0 Å². The first-order chi connectivity index (χ1) is 6.61. The predicted molar refractivity (Wildman–Crippen MR) is 50.8 cm³/mol. The van der Waals surface area contributed by atoms with E-state index in [1.54, 1.807) is 0 Å². The number of hydrogen-bond donors (Lipinski definition) is 4. The molecule has 0 saturated carbocycles. The predicted octanol–water partition coefficient (Wildman–Crippen LogP) is -1.84. The Kier molecular flexibility index (Phi) is 4.28. The average molecular weight is 205 g/mol. The van der Waals surface area contributed by atoms with E-state index >= 15 is 0 Å². The van der Waals surface area contributed by atoms with Crippen LogP contribution in [-0.2, 0) is 0 Å². The lowest BCUT2D eigenvalue weighted by molar-refractivity contribution is -0.144. The van der Waals surface area contributed by atoms with Gasteiger partial charge in [0.15, 0.2) is 0 Å². The Morgan fingerprint density at radius 2 is 1.86 bits per heavy atom. The van der Waals surface area contributed by atoms with E-state index in [0.717, 1.165) is 6.42 Å². The lowest BCUT2D eigenvalue weighted by Crippen LogP contribution is -2.62. The van der Waals surface area contributed by atoms with Crippen molar-refractivity contribution < 1.29 is 20.4 Å². The Hall–Kier alpha value is -0.200. The van der Waals surface area contributed by atoms with E-state index in [1.165, 1.54) is 0 Å². The van der Waals surface area contributed by atoms with E-state index in [9.17, 15) is 15.3 Å². The van der Waals surface area contributed by atoms with E-state index < -0.39 is 24.4 Å². The van der Waals surface area contributed by atoms with Crippen LogP contribution in [0.4, 0.5) is 0 Å². The highest BCUT2D eigenvalue weighted by Crippen LogP contribution is 2.18. The maximum Gasteiger partial charge on any atom is 0.109 e. The minimum absolute atomic E-state index is 0.203. The molecule has 0 spiro atoms. The number of likely N-dealkylation sites (tertiary alicyclic amines) is 1. The molecule has 4 atom stereocenters. The van der Waals surface area contributed by atoms with E-state index in [0.29, 0.717) is 13.1 Å². The summed E-state index contributed by atoms with van der Waals surface area (Å²) < 4.78 is 0. The Morgan fingerprint density at radius 3 is 2.36 bits per heavy atom. The molecule has 0 aliphatic carbocycles. The van der Waals surface area contributed by atoms with Gasteiger partial charge in [0, 0.05) is 6.54 Å². The molecule has 0 bridgehead atoms. The van der Waals surface area contributed by atoms with Crippen molar-refractivity contribution in [3.8, 4) is 0 Å². The zero-order valence-electron chi connectivity index (χ0n) is 8.37. The van der Waals surface area contributed by atoms with Gasteiger partial charge in [0.05, 0.1) is 18.8 Å². The van der Waals surface area contributed by atoms with E-state index in [2.05, 4.69) is 0 Å². The molecule has 1 aliphatic rings. The van der Waals surface area contributed by atoms with Crippen LogP contribution in [0.2, 0.25) is 0 Å². The molecule has 5 nitrogen and oxygen atoms in total. The van der Waals surface area contributed by atoms with Crippen LogP contribution in [0.25, 0.3) is 0 Å². The first-order valence-electron chi connectivity index (χ1n) is 5.01. The summed E-state index contributed by atoms with van der Waals surface area (Å²) in [6.45, 7) is 2.78. The molecule has 1 rings (SSSR count). The summed E-state index contributed by atoms with van der Waals surface area (Å²) in [5.74, 6) is 0. The number of nitrogens with zero attached hydrogens (tertiary/aromatic N) is 1. The van der Waals surface area contributed by atoms with E-state index in [-0.39, 0.29) is 6.61 Å². The van der Waals surface area contributed by atoms with Crippen LogP contribution in [0.1, 0.15) is 13.3 Å². The molecule has 5 heteroatoms. The fourth-order valence-corrected chi connectivity index (χ4v) is 1.92. The molecule has 1 heterocycles. The van der Waals surface area contributed by atoms with Crippen LogP contribution in [0, 0.1) is 0 Å². The molecule has 1 fully saturated rings. The van der Waals surface area contributed by atoms with Gasteiger partial charge >= 0.3 is 0 Å². The third-order valence-electron chi connectivity index (χ3n) is 2.73. The summed E-state index contributed by atoms with van der Waals surface area (Å²) >= 11 is 0. The van der Waals surface area contributed by atoms with Crippen LogP contribution in [0.15, 0.2) is 0 Å². The van der Waals surface area contributed by atoms with Crippen molar-refractivity contribution in [2.45, 2.75) is 37.7 Å². The van der Waals surface area contributed by atoms with Gasteiger partial charge in [-0.25, -0.2) is 0 Å². The second-order valence-electron chi connectivity index (χ2n) is 3.79. The molecule has 84 valence electrons. The Morgan fingerprint density at radius 1 is 1.21 bits per heavy atom. The Bertz CT molecular complexity index is 178. The Balaban J connectivity index is 2.66. The number of hydrogen-bond acceptors (Lipinski definition) is 5. The number of aliphatic hydroxyl groups is 4. The molecular formula is C9H19NO4. The van der Waals surface area contributed by atoms with Gasteiger partial charge in [-0.05, 0) is 13.0 Å². The number of β-amino-alcohol motifs (C(OH)–C–C–N with tert-alkyl or cyclic N) is 1. The number of piperidine rings is 1. The van der Waals surface area contributed by atoms with Gasteiger partial charge in [-0.3, -0.25) is 4.90 Å². The second-order valence-corrected chi connectivity index (χ2v) is 3.79. The molecule has 1 aliphatic heterocycles. The van der Waals surface area contributed by atoms with Crippen LogP contribution >= 0.6 is 0 Å². The molecule has 0 aromatic heterocycles. The lowest BCUT2D eigenvalue weighted by atomic mass is 9.94. The van der Waals surface area contributed by atoms with Gasteiger partial charge in [0.1, 0.15) is 12.2 Å². The van der Waals surface area contributed by atoms with Gasteiger partial charge < -0.3 is 20.4 Å². The van der Waals surface area contributed by atoms with Crippen molar-refractivity contribution in [2.75, 3.05) is 19.7 Å². The quantitative estimate of drug-likeness (QED) is 0.435. The normalized spacial score (nSPS) is 40.1. The average Bonchev–Trinajstić information content (AvgIpc) is 2.16. The van der Waals surface area contributed by atoms with E-state index in [4.69, 9.17) is 5.11 Å². The summed E-state index contributed by atoms with van der Waals surface area (Å²) in [6.07, 6.45) is -2.28. The van der Waals surface area contributed by atoms with Crippen LogP contribution in [0.5, 0.6) is 0 Å². The SMILES string of the molecule is CCCN1C[C@@H](O)C(O)C(O)C1CO. The largest absolute Gasteiger partial charge is 0.395 e. The van der Waals surface area contributed by atoms with Crippen molar-refractivity contribution in [3.05, 3.63) is 0 Å². The maximum atomic E-state index is 9.59. The summed E-state index contributed by atoms with van der Waals surface area (Å²) in [5, 5.41) is 37.5. The third-order valence-corrected chi connectivity index (χ3v) is 2.73. The Labute approximate surface area is 83.6 Å². The summed E-state index contributed by atoms with van der Waals surface area (Å²) in [6, 6.07) is -0.464. The van der Waals surface area contributed by atoms with Crippen molar-refractivity contribution in [1.82, 2.24) is 4.90 Å². The number of rotatable bonds is 3. The van der Waals surface area contributed by atoms with Crippen molar-refractivity contribution in [3.63, 3.8) is 0 Å². The molecule has 1 saturated heterocycles. The summed E-state index contributed by atoms with van der Waals surface area (Å²) in [7, 11) is 0. The molecule has 0 radical (unpaired) electrons. The van der Waals surface area contributed by atoms with Gasteiger partial charge in [0.2, 0.25) is 0 Å². The van der Waals surface area contributed by atoms with Gasteiger partial charge in [-0.15, -0.1) is 0 Å². The highest BCUT2D eigenvalue weighted by atomic mass is 16.4. The second kappa shape index (κ2) is 5.04. The van der Waals surface area contributed by atoms with Crippen LogP contribution in [-0.4, -0.2) is 69.4 Å². The third kappa shape index (κ3) is 2.24. The molecule has 3 unspecified atom stereocenters.